The van der Waals surface area contributed by atoms with Crippen molar-refractivity contribution < 1.29 is 14.3 Å². The lowest BCUT2D eigenvalue weighted by atomic mass is 9.97. The first-order valence-electron chi connectivity index (χ1n) is 8.36. The Morgan fingerprint density at radius 3 is 2.58 bits per heavy atom. The van der Waals surface area contributed by atoms with Crippen molar-refractivity contribution in [2.45, 2.75) is 51.2 Å². The Morgan fingerprint density at radius 2 is 2.04 bits per heavy atom. The van der Waals surface area contributed by atoms with Gasteiger partial charge in [-0.2, -0.15) is 0 Å². The molecule has 0 saturated carbocycles. The first-order chi connectivity index (χ1) is 11.4. The molecule has 1 aromatic carbocycles. The molecule has 0 bridgehead atoms. The Morgan fingerprint density at radius 1 is 1.38 bits per heavy atom. The summed E-state index contributed by atoms with van der Waals surface area (Å²) in [6, 6.07) is 7.37. The van der Waals surface area contributed by atoms with E-state index in [0.29, 0.717) is 6.54 Å². The van der Waals surface area contributed by atoms with Crippen LogP contribution in [-0.4, -0.2) is 42.5 Å². The maximum atomic E-state index is 12.7. The summed E-state index contributed by atoms with van der Waals surface area (Å²) in [6.07, 6.45) is 1.88. The van der Waals surface area contributed by atoms with Gasteiger partial charge in [-0.15, -0.1) is 0 Å². The van der Waals surface area contributed by atoms with E-state index in [1.807, 2.05) is 36.1 Å². The summed E-state index contributed by atoms with van der Waals surface area (Å²) in [6.45, 7) is 4.16. The third-order valence-corrected chi connectivity index (χ3v) is 4.51. The van der Waals surface area contributed by atoms with Crippen LogP contribution in [0.4, 0.5) is 0 Å². The Hall–Kier alpha value is -2.08. The van der Waals surface area contributed by atoms with Gasteiger partial charge >= 0.3 is 0 Å². The fraction of sp³-hybridized carbons (Fsp3) is 0.556. The first-order valence-corrected chi connectivity index (χ1v) is 8.36. The van der Waals surface area contributed by atoms with Gasteiger partial charge in [-0.05, 0) is 37.5 Å². The van der Waals surface area contributed by atoms with Crippen molar-refractivity contribution in [3.05, 3.63) is 29.8 Å². The molecule has 1 saturated heterocycles. The van der Waals surface area contributed by atoms with Crippen LogP contribution in [-0.2, 0) is 9.59 Å². The summed E-state index contributed by atoms with van der Waals surface area (Å²) in [5, 5.41) is 2.88. The van der Waals surface area contributed by atoms with E-state index in [1.54, 1.807) is 7.11 Å². The van der Waals surface area contributed by atoms with E-state index in [9.17, 15) is 9.59 Å². The molecule has 24 heavy (non-hydrogen) atoms. The summed E-state index contributed by atoms with van der Waals surface area (Å²) in [5.41, 5.74) is 6.86. The molecule has 0 spiro atoms. The Kier molecular flexibility index (Phi) is 6.20. The summed E-state index contributed by atoms with van der Waals surface area (Å²) < 4.78 is 5.16. The molecule has 0 aliphatic carbocycles. The van der Waals surface area contributed by atoms with Crippen molar-refractivity contribution in [2.75, 3.05) is 13.7 Å². The van der Waals surface area contributed by atoms with E-state index in [1.165, 1.54) is 6.92 Å². The number of carbonyl (C=O) groups excluding carboxylic acids is 2. The Balaban J connectivity index is 2.10. The highest BCUT2D eigenvalue weighted by Gasteiger charge is 2.29. The van der Waals surface area contributed by atoms with Gasteiger partial charge in [0.2, 0.25) is 11.8 Å². The minimum Gasteiger partial charge on any atom is -0.497 e. The third kappa shape index (κ3) is 4.71. The average molecular weight is 333 g/mol. The second-order valence-corrected chi connectivity index (χ2v) is 6.45. The number of nitrogens with two attached hydrogens (primary N) is 1. The van der Waals surface area contributed by atoms with Crippen molar-refractivity contribution in [2.24, 2.45) is 5.73 Å². The number of nitrogens with one attached hydrogen (secondary N) is 1. The lowest BCUT2D eigenvalue weighted by Gasteiger charge is -2.37. The molecule has 0 radical (unpaired) electrons. The van der Waals surface area contributed by atoms with Crippen molar-refractivity contribution in [1.29, 1.82) is 0 Å². The van der Waals surface area contributed by atoms with Crippen LogP contribution in [0.25, 0.3) is 0 Å². The van der Waals surface area contributed by atoms with Gasteiger partial charge < -0.3 is 20.7 Å². The summed E-state index contributed by atoms with van der Waals surface area (Å²) in [4.78, 5) is 26.1. The van der Waals surface area contributed by atoms with Crippen molar-refractivity contribution in [3.63, 3.8) is 0 Å². The van der Waals surface area contributed by atoms with Crippen LogP contribution in [0.5, 0.6) is 5.75 Å². The van der Waals surface area contributed by atoms with Gasteiger partial charge in [0.15, 0.2) is 0 Å². The SMILES string of the molecule is COc1ccc([C@H](CC(=O)N2CC[C@H](N)C[C@@H]2C)NC(C)=O)cc1. The Bertz CT molecular complexity index is 573. The fourth-order valence-electron chi connectivity index (χ4n) is 3.20. The minimum atomic E-state index is -0.344. The summed E-state index contributed by atoms with van der Waals surface area (Å²) >= 11 is 0. The van der Waals surface area contributed by atoms with Crippen LogP contribution in [0.2, 0.25) is 0 Å². The predicted molar refractivity (Wildman–Crippen MR) is 92.6 cm³/mol. The van der Waals surface area contributed by atoms with Crippen molar-refractivity contribution >= 4 is 11.8 Å². The number of piperidine rings is 1. The van der Waals surface area contributed by atoms with Crippen LogP contribution in [0.3, 0.4) is 0 Å². The molecule has 3 N–H and O–H groups in total. The Labute approximate surface area is 143 Å². The number of benzene rings is 1. The standard InChI is InChI=1S/C18H27N3O3/c1-12-10-15(19)8-9-21(12)18(23)11-17(20-13(2)22)14-4-6-16(24-3)7-5-14/h4-7,12,15,17H,8-11,19H2,1-3H3,(H,20,22)/t12-,15-,17-/m0/s1. The van der Waals surface area contributed by atoms with Gasteiger partial charge in [0.05, 0.1) is 19.6 Å². The average Bonchev–Trinajstić information content (AvgIpc) is 2.53. The number of nitrogens with zero attached hydrogens (tertiary/aromatic N) is 1. The van der Waals surface area contributed by atoms with Gasteiger partial charge in [0, 0.05) is 25.6 Å². The number of hydrogen-bond acceptors (Lipinski definition) is 4. The molecule has 132 valence electrons. The number of hydrogen-bond donors (Lipinski definition) is 2. The van der Waals surface area contributed by atoms with E-state index >= 15 is 0 Å². The van der Waals surface area contributed by atoms with Gasteiger partial charge in [-0.25, -0.2) is 0 Å². The molecular formula is C18H27N3O3. The van der Waals surface area contributed by atoms with E-state index in [2.05, 4.69) is 5.32 Å². The second-order valence-electron chi connectivity index (χ2n) is 6.45. The normalized spacial score (nSPS) is 21.9. The van der Waals surface area contributed by atoms with E-state index in [4.69, 9.17) is 10.5 Å². The van der Waals surface area contributed by atoms with Gasteiger partial charge in [-0.3, -0.25) is 9.59 Å². The highest BCUT2D eigenvalue weighted by molar-refractivity contribution is 5.79. The zero-order valence-electron chi connectivity index (χ0n) is 14.6. The van der Waals surface area contributed by atoms with E-state index in [-0.39, 0.29) is 36.4 Å². The number of carbonyl (C=O) groups is 2. The molecule has 1 aliphatic heterocycles. The molecule has 3 atom stereocenters. The third-order valence-electron chi connectivity index (χ3n) is 4.51. The number of likely N-dealkylation sites (tertiary alicyclic amines) is 1. The second kappa shape index (κ2) is 8.15. The van der Waals surface area contributed by atoms with Gasteiger partial charge in [0.25, 0.3) is 0 Å². The highest BCUT2D eigenvalue weighted by Crippen LogP contribution is 2.24. The van der Waals surface area contributed by atoms with Crippen LogP contribution in [0, 0.1) is 0 Å². The predicted octanol–water partition coefficient (Wildman–Crippen LogP) is 1.60. The molecule has 1 aromatic rings. The van der Waals surface area contributed by atoms with E-state index < -0.39 is 0 Å². The monoisotopic (exact) mass is 333 g/mol. The lowest BCUT2D eigenvalue weighted by molar-refractivity contribution is -0.135. The number of rotatable bonds is 5. The molecule has 6 heteroatoms. The van der Waals surface area contributed by atoms with Crippen LogP contribution >= 0.6 is 0 Å². The summed E-state index contributed by atoms with van der Waals surface area (Å²) in [5.74, 6) is 0.631. The zero-order valence-corrected chi connectivity index (χ0v) is 14.6. The molecule has 1 aliphatic rings. The first kappa shape index (κ1) is 18.3. The van der Waals surface area contributed by atoms with Crippen molar-refractivity contribution in [1.82, 2.24) is 10.2 Å². The number of amides is 2. The van der Waals surface area contributed by atoms with Crippen LogP contribution < -0.4 is 15.8 Å². The molecule has 1 fully saturated rings. The van der Waals surface area contributed by atoms with E-state index in [0.717, 1.165) is 24.2 Å². The molecule has 2 rings (SSSR count). The molecule has 2 amide bonds. The van der Waals surface area contributed by atoms with Gasteiger partial charge in [0.1, 0.15) is 5.75 Å². The van der Waals surface area contributed by atoms with Crippen LogP contribution in [0.1, 0.15) is 44.7 Å². The maximum absolute atomic E-state index is 12.7. The molecule has 1 heterocycles. The number of methoxy groups -OCH3 is 1. The molecular weight excluding hydrogens is 306 g/mol. The highest BCUT2D eigenvalue weighted by atomic mass is 16.5. The lowest BCUT2D eigenvalue weighted by Crippen LogP contribution is -2.49. The quantitative estimate of drug-likeness (QED) is 0.857. The topological polar surface area (TPSA) is 84.7 Å². The molecule has 0 aromatic heterocycles. The van der Waals surface area contributed by atoms with Gasteiger partial charge in [-0.1, -0.05) is 12.1 Å². The van der Waals surface area contributed by atoms with Crippen LogP contribution in [0.15, 0.2) is 24.3 Å². The fourth-order valence-corrected chi connectivity index (χ4v) is 3.20. The largest absolute Gasteiger partial charge is 0.497 e. The molecule has 0 unspecified atom stereocenters. The van der Waals surface area contributed by atoms with Crippen molar-refractivity contribution in [3.8, 4) is 5.75 Å². The zero-order chi connectivity index (χ0) is 17.7. The maximum Gasteiger partial charge on any atom is 0.225 e. The molecule has 6 nitrogen and oxygen atoms in total. The smallest absolute Gasteiger partial charge is 0.225 e. The minimum absolute atomic E-state index is 0.0453. The number of ether oxygens (including phenoxy) is 1. The summed E-state index contributed by atoms with van der Waals surface area (Å²) in [7, 11) is 1.60.